The summed E-state index contributed by atoms with van der Waals surface area (Å²) < 4.78 is 18.5. The summed E-state index contributed by atoms with van der Waals surface area (Å²) in [7, 11) is 0. The molecule has 2 aromatic carbocycles. The van der Waals surface area contributed by atoms with Crippen LogP contribution in [-0.4, -0.2) is 35.9 Å². The molecule has 1 N–H and O–H groups in total. The number of nitrogens with zero attached hydrogens (tertiary/aromatic N) is 1. The lowest BCUT2D eigenvalue weighted by Crippen LogP contribution is -2.50. The Hall–Kier alpha value is -2.89. The van der Waals surface area contributed by atoms with Gasteiger partial charge in [-0.1, -0.05) is 31.2 Å². The highest BCUT2D eigenvalue weighted by Gasteiger charge is 2.28. The number of ether oxygens (including phenoxy) is 1. The van der Waals surface area contributed by atoms with Gasteiger partial charge in [0.1, 0.15) is 17.6 Å². The lowest BCUT2D eigenvalue weighted by atomic mass is 10.1. The van der Waals surface area contributed by atoms with Gasteiger partial charge in [0.05, 0.1) is 0 Å². The Morgan fingerprint density at radius 2 is 1.79 bits per heavy atom. The molecule has 6 heteroatoms. The van der Waals surface area contributed by atoms with Crippen molar-refractivity contribution in [1.29, 1.82) is 0 Å². The third kappa shape index (κ3) is 5.81. The van der Waals surface area contributed by atoms with Gasteiger partial charge >= 0.3 is 0 Å². The summed E-state index contributed by atoms with van der Waals surface area (Å²) in [5.41, 5.74) is 2.02. The highest BCUT2D eigenvalue weighted by Crippen LogP contribution is 2.17. The SMILES string of the molecule is CCNC(=O)C(CC)N(Cc1ccccc1C)C(=O)COc1ccc(F)cc1. The highest BCUT2D eigenvalue weighted by molar-refractivity contribution is 5.88. The van der Waals surface area contributed by atoms with E-state index in [1.807, 2.05) is 45.0 Å². The maximum Gasteiger partial charge on any atom is 0.261 e. The van der Waals surface area contributed by atoms with Crippen LogP contribution in [0, 0.1) is 12.7 Å². The number of likely N-dealkylation sites (N-methyl/N-ethyl adjacent to an activating group) is 1. The van der Waals surface area contributed by atoms with Gasteiger partial charge in [0, 0.05) is 13.1 Å². The summed E-state index contributed by atoms with van der Waals surface area (Å²) in [6.45, 7) is 6.27. The molecule has 1 unspecified atom stereocenters. The van der Waals surface area contributed by atoms with Crippen molar-refractivity contribution in [2.75, 3.05) is 13.2 Å². The van der Waals surface area contributed by atoms with E-state index < -0.39 is 6.04 Å². The standard InChI is InChI=1S/C22H27FN2O3/c1-4-20(22(27)24-5-2)25(14-17-9-7-6-8-16(17)3)21(26)15-28-19-12-10-18(23)11-13-19/h6-13,20H,4-5,14-15H2,1-3H3,(H,24,27). The maximum atomic E-state index is 13.0. The van der Waals surface area contributed by atoms with Gasteiger partial charge in [-0.2, -0.15) is 0 Å². The summed E-state index contributed by atoms with van der Waals surface area (Å²) in [6, 6.07) is 12.6. The summed E-state index contributed by atoms with van der Waals surface area (Å²) in [6.07, 6.45) is 0.486. The van der Waals surface area contributed by atoms with E-state index in [9.17, 15) is 14.0 Å². The molecular weight excluding hydrogens is 359 g/mol. The molecule has 5 nitrogen and oxygen atoms in total. The number of aryl methyl sites for hydroxylation is 1. The topological polar surface area (TPSA) is 58.6 Å². The van der Waals surface area contributed by atoms with Gasteiger partial charge in [0.25, 0.3) is 5.91 Å². The Kier molecular flexibility index (Phi) is 7.99. The molecule has 0 saturated carbocycles. The van der Waals surface area contributed by atoms with Crippen molar-refractivity contribution in [1.82, 2.24) is 10.2 Å². The lowest BCUT2D eigenvalue weighted by Gasteiger charge is -2.31. The van der Waals surface area contributed by atoms with E-state index in [-0.39, 0.29) is 24.2 Å². The fraction of sp³-hybridized carbons (Fsp3) is 0.364. The van der Waals surface area contributed by atoms with Crippen LogP contribution < -0.4 is 10.1 Å². The van der Waals surface area contributed by atoms with Gasteiger partial charge < -0.3 is 15.0 Å². The number of carbonyl (C=O) groups excluding carboxylic acids is 2. The van der Waals surface area contributed by atoms with E-state index in [0.29, 0.717) is 25.3 Å². The fourth-order valence-corrected chi connectivity index (χ4v) is 2.94. The molecule has 2 aromatic rings. The zero-order valence-corrected chi connectivity index (χ0v) is 16.6. The van der Waals surface area contributed by atoms with E-state index in [1.54, 1.807) is 4.90 Å². The number of hydrogen-bond donors (Lipinski definition) is 1. The minimum Gasteiger partial charge on any atom is -0.484 e. The number of hydrogen-bond acceptors (Lipinski definition) is 3. The predicted molar refractivity (Wildman–Crippen MR) is 106 cm³/mol. The molecule has 0 aliphatic heterocycles. The van der Waals surface area contributed by atoms with Gasteiger partial charge in [-0.3, -0.25) is 9.59 Å². The molecule has 0 aromatic heterocycles. The molecule has 0 aliphatic carbocycles. The van der Waals surface area contributed by atoms with Gasteiger partial charge in [-0.25, -0.2) is 4.39 Å². The average molecular weight is 386 g/mol. The van der Waals surface area contributed by atoms with Crippen LogP contribution in [0.2, 0.25) is 0 Å². The monoisotopic (exact) mass is 386 g/mol. The van der Waals surface area contributed by atoms with E-state index in [1.165, 1.54) is 24.3 Å². The third-order valence-corrected chi connectivity index (χ3v) is 4.51. The van der Waals surface area contributed by atoms with Crippen molar-refractivity contribution in [3.8, 4) is 5.75 Å². The number of carbonyl (C=O) groups is 2. The molecule has 1 atom stereocenters. The molecule has 0 saturated heterocycles. The summed E-state index contributed by atoms with van der Waals surface area (Å²) in [5.74, 6) is -0.460. The van der Waals surface area contributed by atoms with Crippen molar-refractivity contribution in [3.05, 3.63) is 65.5 Å². The van der Waals surface area contributed by atoms with Crippen LogP contribution in [-0.2, 0) is 16.1 Å². The number of benzene rings is 2. The van der Waals surface area contributed by atoms with Gasteiger partial charge in [-0.05, 0) is 55.7 Å². The van der Waals surface area contributed by atoms with Crippen LogP contribution in [0.4, 0.5) is 4.39 Å². The average Bonchev–Trinajstić information content (AvgIpc) is 2.69. The molecule has 0 radical (unpaired) electrons. The van der Waals surface area contributed by atoms with Crippen LogP contribution in [0.5, 0.6) is 5.75 Å². The highest BCUT2D eigenvalue weighted by atomic mass is 19.1. The Morgan fingerprint density at radius 3 is 2.39 bits per heavy atom. The third-order valence-electron chi connectivity index (χ3n) is 4.51. The fourth-order valence-electron chi connectivity index (χ4n) is 2.94. The number of rotatable bonds is 9. The van der Waals surface area contributed by atoms with Crippen molar-refractivity contribution < 1.29 is 18.7 Å². The maximum absolute atomic E-state index is 13.0. The van der Waals surface area contributed by atoms with E-state index in [4.69, 9.17) is 4.74 Å². The molecule has 0 bridgehead atoms. The number of halogens is 1. The number of nitrogens with one attached hydrogen (secondary N) is 1. The normalized spacial score (nSPS) is 11.6. The van der Waals surface area contributed by atoms with Gasteiger partial charge in [0.15, 0.2) is 6.61 Å². The Bertz CT molecular complexity index is 793. The van der Waals surface area contributed by atoms with Crippen molar-refractivity contribution >= 4 is 11.8 Å². The summed E-state index contributed by atoms with van der Waals surface area (Å²) >= 11 is 0. The second-order valence-corrected chi connectivity index (χ2v) is 6.51. The Morgan fingerprint density at radius 1 is 1.11 bits per heavy atom. The molecule has 2 rings (SSSR count). The Labute approximate surface area is 165 Å². The second-order valence-electron chi connectivity index (χ2n) is 6.51. The van der Waals surface area contributed by atoms with E-state index in [0.717, 1.165) is 11.1 Å². The molecule has 0 fully saturated rings. The Balaban J connectivity index is 2.20. The van der Waals surface area contributed by atoms with Crippen LogP contribution >= 0.6 is 0 Å². The first kappa shape index (κ1) is 21.4. The first-order valence-electron chi connectivity index (χ1n) is 9.46. The zero-order chi connectivity index (χ0) is 20.5. The van der Waals surface area contributed by atoms with Gasteiger partial charge in [-0.15, -0.1) is 0 Å². The first-order valence-corrected chi connectivity index (χ1v) is 9.46. The van der Waals surface area contributed by atoms with Crippen molar-refractivity contribution in [3.63, 3.8) is 0 Å². The van der Waals surface area contributed by atoms with E-state index >= 15 is 0 Å². The van der Waals surface area contributed by atoms with Crippen LogP contribution in [0.15, 0.2) is 48.5 Å². The largest absolute Gasteiger partial charge is 0.484 e. The molecule has 0 heterocycles. The van der Waals surface area contributed by atoms with Crippen LogP contribution in [0.1, 0.15) is 31.4 Å². The molecular formula is C22H27FN2O3. The van der Waals surface area contributed by atoms with Crippen molar-refractivity contribution in [2.45, 2.75) is 39.8 Å². The first-order chi connectivity index (χ1) is 13.5. The molecule has 28 heavy (non-hydrogen) atoms. The quantitative estimate of drug-likeness (QED) is 0.718. The zero-order valence-electron chi connectivity index (χ0n) is 16.6. The van der Waals surface area contributed by atoms with Crippen LogP contribution in [0.3, 0.4) is 0 Å². The predicted octanol–water partition coefficient (Wildman–Crippen LogP) is 3.46. The lowest BCUT2D eigenvalue weighted by molar-refractivity contribution is -0.142. The molecule has 2 amide bonds. The van der Waals surface area contributed by atoms with Crippen molar-refractivity contribution in [2.24, 2.45) is 0 Å². The summed E-state index contributed by atoms with van der Waals surface area (Å²) in [5, 5.41) is 2.80. The minimum atomic E-state index is -0.594. The van der Waals surface area contributed by atoms with Crippen LogP contribution in [0.25, 0.3) is 0 Å². The molecule has 150 valence electrons. The number of amides is 2. The summed E-state index contributed by atoms with van der Waals surface area (Å²) in [4.78, 5) is 27.0. The van der Waals surface area contributed by atoms with Gasteiger partial charge in [0.2, 0.25) is 5.91 Å². The smallest absolute Gasteiger partial charge is 0.261 e. The van der Waals surface area contributed by atoms with E-state index in [2.05, 4.69) is 5.32 Å². The second kappa shape index (κ2) is 10.4. The molecule has 0 spiro atoms. The minimum absolute atomic E-state index is 0.186. The molecule has 0 aliphatic rings.